The van der Waals surface area contributed by atoms with Crippen molar-refractivity contribution in [3.05, 3.63) is 23.7 Å². The summed E-state index contributed by atoms with van der Waals surface area (Å²) >= 11 is 0. The van der Waals surface area contributed by atoms with Gasteiger partial charge in [-0.05, 0) is 25.5 Å². The lowest BCUT2D eigenvalue weighted by molar-refractivity contribution is -0.137. The molecule has 0 bridgehead atoms. The van der Waals surface area contributed by atoms with Crippen LogP contribution < -0.4 is 10.6 Å². The Labute approximate surface area is 175 Å². The normalized spacial score (nSPS) is 17.4. The second kappa shape index (κ2) is 7.88. The molecule has 1 unspecified atom stereocenters. The maximum atomic E-state index is 13.1. The molecule has 1 saturated heterocycles. The first-order valence-corrected chi connectivity index (χ1v) is 9.74. The smallest absolute Gasteiger partial charge is 0.370 e. The van der Waals surface area contributed by atoms with Crippen molar-refractivity contribution in [2.45, 2.75) is 37.7 Å². The number of alkyl halides is 3. The van der Waals surface area contributed by atoms with Crippen molar-refractivity contribution in [2.75, 3.05) is 23.7 Å². The molecule has 14 heteroatoms. The number of hydrogen-bond donors (Lipinski definition) is 2. The van der Waals surface area contributed by atoms with Crippen molar-refractivity contribution in [1.82, 2.24) is 24.6 Å². The van der Waals surface area contributed by atoms with Crippen LogP contribution in [0, 0.1) is 6.92 Å². The number of hydrogen-bond acceptors (Lipinski definition) is 6. The molecule has 1 amide bonds. The van der Waals surface area contributed by atoms with E-state index in [4.69, 9.17) is 0 Å². The Morgan fingerprint density at radius 2 is 2.00 bits per heavy atom. The van der Waals surface area contributed by atoms with Gasteiger partial charge in [-0.1, -0.05) is 0 Å². The molecular weight excluding hydrogens is 396 g/mol. The molecule has 3 heterocycles. The van der Waals surface area contributed by atoms with Gasteiger partial charge in [-0.3, -0.25) is 9.48 Å². The van der Waals surface area contributed by atoms with Gasteiger partial charge in [0.15, 0.2) is 0 Å². The minimum Gasteiger partial charge on any atom is -0.370 e. The zero-order valence-electron chi connectivity index (χ0n) is 17.6. The Hall–Kier alpha value is -2.66. The zero-order chi connectivity index (χ0) is 22.3. The van der Waals surface area contributed by atoms with Gasteiger partial charge in [0.1, 0.15) is 41.0 Å². The van der Waals surface area contributed by atoms with Crippen LogP contribution in [0.15, 0.2) is 12.4 Å². The molecule has 1 atom stereocenters. The quantitative estimate of drug-likeness (QED) is 0.613. The van der Waals surface area contributed by atoms with Crippen molar-refractivity contribution in [2.24, 2.45) is 0 Å². The van der Waals surface area contributed by atoms with Crippen LogP contribution in [0.5, 0.6) is 0 Å². The second-order valence-electron chi connectivity index (χ2n) is 8.18. The summed E-state index contributed by atoms with van der Waals surface area (Å²) in [6, 6.07) is -0.413. The third-order valence-electron chi connectivity index (χ3n) is 4.91. The molecule has 0 radical (unpaired) electrons. The minimum absolute atomic E-state index is 0.00300. The van der Waals surface area contributed by atoms with Gasteiger partial charge >= 0.3 is 6.18 Å². The standard InChI is InChI=1S/C16H23B3F3N7O/c1-3-23-12-9(15(20,21)22)6-24-14(26-12)25-10-7-29(27-8(10)2)11-4-5-28(13(11)30)16(17,18)19/h6-7,11H,3-5,17-19H2,1-2H3,(H2,23,24,25,26). The van der Waals surface area contributed by atoms with E-state index in [1.807, 2.05) is 28.4 Å². The summed E-state index contributed by atoms with van der Waals surface area (Å²) < 4.78 is 41.0. The SMILES string of the molecule is BC(B)(B)N1CCC(n2cc(Nc3ncc(C(F)(F)F)c(NCC)n3)c(C)n2)C1=O. The van der Waals surface area contributed by atoms with E-state index in [1.54, 1.807) is 24.7 Å². The van der Waals surface area contributed by atoms with Crippen LogP contribution in [0.1, 0.15) is 30.6 Å². The van der Waals surface area contributed by atoms with Gasteiger partial charge in [0.05, 0.1) is 11.4 Å². The average molecular weight is 419 g/mol. The number of nitrogens with zero attached hydrogens (tertiary/aromatic N) is 5. The Bertz CT molecular complexity index is 945. The predicted octanol–water partition coefficient (Wildman–Crippen LogP) is -0.540. The highest BCUT2D eigenvalue weighted by atomic mass is 19.4. The summed E-state index contributed by atoms with van der Waals surface area (Å²) in [4.78, 5) is 22.4. The number of carbonyl (C=O) groups is 1. The van der Waals surface area contributed by atoms with Crippen molar-refractivity contribution in [3.8, 4) is 0 Å². The number of rotatable bonds is 6. The van der Waals surface area contributed by atoms with E-state index in [2.05, 4.69) is 25.7 Å². The molecule has 1 aliphatic rings. The maximum absolute atomic E-state index is 13.1. The molecular formula is C16H23B3F3N7O. The number of halogens is 3. The third-order valence-corrected chi connectivity index (χ3v) is 4.91. The van der Waals surface area contributed by atoms with Crippen molar-refractivity contribution < 1.29 is 18.0 Å². The summed E-state index contributed by atoms with van der Waals surface area (Å²) in [6.45, 7) is 4.35. The molecule has 0 saturated carbocycles. The number of likely N-dealkylation sites (tertiary alicyclic amines) is 1. The highest BCUT2D eigenvalue weighted by Gasteiger charge is 2.39. The van der Waals surface area contributed by atoms with Gasteiger partial charge in [-0.2, -0.15) is 23.3 Å². The van der Waals surface area contributed by atoms with E-state index in [1.165, 1.54) is 0 Å². The molecule has 2 aromatic rings. The van der Waals surface area contributed by atoms with E-state index in [0.717, 1.165) is 6.20 Å². The first-order chi connectivity index (χ1) is 13.9. The van der Waals surface area contributed by atoms with Gasteiger partial charge < -0.3 is 15.5 Å². The minimum atomic E-state index is -4.56. The largest absolute Gasteiger partial charge is 0.421 e. The van der Waals surface area contributed by atoms with E-state index in [-0.39, 0.29) is 29.5 Å². The Kier molecular flexibility index (Phi) is 5.79. The lowest BCUT2D eigenvalue weighted by atomic mass is 9.48. The summed E-state index contributed by atoms with van der Waals surface area (Å²) in [5, 5.41) is 9.68. The van der Waals surface area contributed by atoms with Crippen LogP contribution >= 0.6 is 0 Å². The topological polar surface area (TPSA) is 88.0 Å². The first-order valence-electron chi connectivity index (χ1n) is 9.74. The molecule has 0 aromatic carbocycles. The van der Waals surface area contributed by atoms with E-state index < -0.39 is 17.8 Å². The molecule has 1 fully saturated rings. The monoisotopic (exact) mass is 419 g/mol. The van der Waals surface area contributed by atoms with E-state index in [9.17, 15) is 18.0 Å². The van der Waals surface area contributed by atoms with Crippen LogP contribution in [-0.4, -0.2) is 72.4 Å². The zero-order valence-corrected chi connectivity index (χ0v) is 17.6. The van der Waals surface area contributed by atoms with Gasteiger partial charge in [-0.15, -0.1) is 0 Å². The van der Waals surface area contributed by atoms with Crippen molar-refractivity contribution in [1.29, 1.82) is 0 Å². The molecule has 3 rings (SSSR count). The number of carbonyl (C=O) groups excluding carboxylic acids is 1. The van der Waals surface area contributed by atoms with Crippen molar-refractivity contribution in [3.63, 3.8) is 0 Å². The highest BCUT2D eigenvalue weighted by Crippen LogP contribution is 2.34. The second-order valence-corrected chi connectivity index (χ2v) is 8.18. The van der Waals surface area contributed by atoms with Crippen molar-refractivity contribution >= 4 is 46.9 Å². The van der Waals surface area contributed by atoms with Gasteiger partial charge in [-0.25, -0.2) is 4.98 Å². The number of anilines is 3. The lowest BCUT2D eigenvalue weighted by Crippen LogP contribution is -2.51. The fourth-order valence-corrected chi connectivity index (χ4v) is 3.41. The highest BCUT2D eigenvalue weighted by molar-refractivity contribution is 6.59. The molecule has 8 nitrogen and oxygen atoms in total. The van der Waals surface area contributed by atoms with E-state index in [0.29, 0.717) is 24.3 Å². The lowest BCUT2D eigenvalue weighted by Gasteiger charge is -2.32. The molecule has 2 N–H and O–H groups in total. The molecule has 0 spiro atoms. The number of aryl methyl sites for hydroxylation is 1. The van der Waals surface area contributed by atoms with E-state index >= 15 is 0 Å². The third kappa shape index (κ3) is 4.41. The van der Waals surface area contributed by atoms with Gasteiger partial charge in [0, 0.05) is 25.5 Å². The molecule has 30 heavy (non-hydrogen) atoms. The molecule has 2 aromatic heterocycles. The summed E-state index contributed by atoms with van der Waals surface area (Å²) in [5.41, 5.74) is 0.186. The first kappa shape index (κ1) is 22.0. The maximum Gasteiger partial charge on any atom is 0.421 e. The van der Waals surface area contributed by atoms with Crippen LogP contribution in [0.2, 0.25) is 0 Å². The van der Waals surface area contributed by atoms with Crippen LogP contribution in [0.25, 0.3) is 0 Å². The van der Waals surface area contributed by atoms with Gasteiger partial charge in [0.25, 0.3) is 0 Å². The Balaban J connectivity index is 1.83. The number of amides is 1. The fraction of sp³-hybridized carbons (Fsp3) is 0.500. The fourth-order valence-electron chi connectivity index (χ4n) is 3.41. The Morgan fingerprint density at radius 3 is 2.57 bits per heavy atom. The molecule has 158 valence electrons. The number of nitrogens with one attached hydrogen (secondary N) is 2. The summed E-state index contributed by atoms with van der Waals surface area (Å²) in [6.07, 6.45) is -1.51. The van der Waals surface area contributed by atoms with Crippen LogP contribution in [0.3, 0.4) is 0 Å². The number of aromatic nitrogens is 4. The van der Waals surface area contributed by atoms with Crippen LogP contribution in [0.4, 0.5) is 30.6 Å². The Morgan fingerprint density at radius 1 is 1.30 bits per heavy atom. The molecule has 0 aliphatic carbocycles. The summed E-state index contributed by atoms with van der Waals surface area (Å²) in [7, 11) is 5.95. The molecule has 1 aliphatic heterocycles. The summed E-state index contributed by atoms with van der Waals surface area (Å²) in [5.74, 6) is -0.285. The van der Waals surface area contributed by atoms with Gasteiger partial charge in [0.2, 0.25) is 11.9 Å². The average Bonchev–Trinajstić information content (AvgIpc) is 3.17. The van der Waals surface area contributed by atoms with Crippen LogP contribution in [-0.2, 0) is 11.0 Å². The predicted molar refractivity (Wildman–Crippen MR) is 115 cm³/mol.